The van der Waals surface area contributed by atoms with Gasteiger partial charge < -0.3 is 14.2 Å². The van der Waals surface area contributed by atoms with Crippen LogP contribution in [0, 0.1) is 11.6 Å². The molecule has 0 aliphatic rings. The molecule has 0 saturated heterocycles. The first-order valence-electron chi connectivity index (χ1n) is 10.7. The average Bonchev–Trinajstić information content (AvgIpc) is 3.21. The number of ether oxygens (including phenoxy) is 1. The minimum atomic E-state index is -0.455. The molecule has 4 nitrogen and oxygen atoms in total. The van der Waals surface area contributed by atoms with Crippen LogP contribution in [-0.2, 0) is 6.54 Å². The first-order valence-corrected chi connectivity index (χ1v) is 11.1. The summed E-state index contributed by atoms with van der Waals surface area (Å²) in [4.78, 5) is 14.2. The van der Waals surface area contributed by atoms with E-state index in [1.807, 2.05) is 36.7 Å². The van der Waals surface area contributed by atoms with Crippen molar-refractivity contribution in [2.75, 3.05) is 13.1 Å². The zero-order valence-corrected chi connectivity index (χ0v) is 19.1. The quantitative estimate of drug-likeness (QED) is 0.301. The summed E-state index contributed by atoms with van der Waals surface area (Å²) in [6.07, 6.45) is 1.39. The van der Waals surface area contributed by atoms with Crippen molar-refractivity contribution in [1.82, 2.24) is 9.47 Å². The van der Waals surface area contributed by atoms with E-state index < -0.39 is 11.9 Å². The second-order valence-electron chi connectivity index (χ2n) is 7.58. The van der Waals surface area contributed by atoms with E-state index in [-0.39, 0.29) is 17.4 Å². The van der Waals surface area contributed by atoms with E-state index >= 15 is 0 Å². The molecule has 4 rings (SSSR count). The van der Waals surface area contributed by atoms with Crippen LogP contribution in [-0.4, -0.2) is 28.6 Å². The lowest BCUT2D eigenvalue weighted by atomic mass is 10.0. The molecular formula is C26H23ClF2N2O2. The first-order chi connectivity index (χ1) is 15.9. The predicted octanol–water partition coefficient (Wildman–Crippen LogP) is 7.13. The van der Waals surface area contributed by atoms with E-state index in [2.05, 4.69) is 0 Å². The van der Waals surface area contributed by atoms with Gasteiger partial charge >= 0.3 is 6.09 Å². The number of amides is 1. The smallest absolute Gasteiger partial charge is 0.410 e. The zero-order valence-electron chi connectivity index (χ0n) is 18.3. The van der Waals surface area contributed by atoms with Gasteiger partial charge in [0.25, 0.3) is 0 Å². The second kappa shape index (κ2) is 9.63. The van der Waals surface area contributed by atoms with E-state index in [4.69, 9.17) is 16.3 Å². The molecule has 33 heavy (non-hydrogen) atoms. The maximum Gasteiger partial charge on any atom is 0.415 e. The molecule has 0 radical (unpaired) electrons. The second-order valence-corrected chi connectivity index (χ2v) is 7.98. The number of nitrogens with zero attached hydrogens (tertiary/aromatic N) is 2. The molecule has 0 N–H and O–H groups in total. The average molecular weight is 469 g/mol. The van der Waals surface area contributed by atoms with Crippen LogP contribution in [0.2, 0.25) is 5.02 Å². The van der Waals surface area contributed by atoms with Crippen molar-refractivity contribution >= 4 is 28.6 Å². The highest BCUT2D eigenvalue weighted by Crippen LogP contribution is 2.38. The number of hydrogen-bond acceptors (Lipinski definition) is 2. The van der Waals surface area contributed by atoms with Gasteiger partial charge in [-0.1, -0.05) is 35.9 Å². The maximum atomic E-state index is 14.5. The Hall–Kier alpha value is -3.38. The molecule has 170 valence electrons. The van der Waals surface area contributed by atoms with Crippen LogP contribution in [0.3, 0.4) is 0 Å². The minimum absolute atomic E-state index is 0.0709. The van der Waals surface area contributed by atoms with Crippen LogP contribution in [0.15, 0.2) is 66.9 Å². The first kappa shape index (κ1) is 22.8. The van der Waals surface area contributed by atoms with Gasteiger partial charge in [-0.15, -0.1) is 0 Å². The monoisotopic (exact) mass is 468 g/mol. The molecular weight excluding hydrogens is 446 g/mol. The predicted molar refractivity (Wildman–Crippen MR) is 127 cm³/mol. The van der Waals surface area contributed by atoms with Crippen LogP contribution in [0.5, 0.6) is 5.75 Å². The number of carbonyl (C=O) groups is 1. The van der Waals surface area contributed by atoms with Gasteiger partial charge in [0.1, 0.15) is 17.4 Å². The van der Waals surface area contributed by atoms with Crippen LogP contribution >= 0.6 is 11.6 Å². The molecule has 0 saturated carbocycles. The minimum Gasteiger partial charge on any atom is -0.410 e. The lowest BCUT2D eigenvalue weighted by Gasteiger charge is -2.20. The van der Waals surface area contributed by atoms with Crippen molar-refractivity contribution in [1.29, 1.82) is 0 Å². The standard InChI is InChI=1S/C26H23ClF2N2O2/c1-3-30(4-2)26(32)33-23-13-12-22-20(24(23)17-8-10-19(28)11-9-17)14-15-31(22)16-18-6-5-7-21(27)25(18)29/h5-15H,3-4,16H2,1-2H3. The zero-order chi connectivity index (χ0) is 23.5. The molecule has 3 aromatic carbocycles. The molecule has 0 aliphatic carbocycles. The van der Waals surface area contributed by atoms with E-state index in [1.165, 1.54) is 18.2 Å². The Morgan fingerprint density at radius 3 is 2.42 bits per heavy atom. The van der Waals surface area contributed by atoms with E-state index in [9.17, 15) is 13.6 Å². The number of hydrogen-bond donors (Lipinski definition) is 0. The molecule has 4 aromatic rings. The van der Waals surface area contributed by atoms with E-state index in [1.54, 1.807) is 35.2 Å². The molecule has 0 atom stereocenters. The van der Waals surface area contributed by atoms with Gasteiger partial charge in [-0.05, 0) is 55.8 Å². The number of benzene rings is 3. The molecule has 0 fully saturated rings. The van der Waals surface area contributed by atoms with Crippen molar-refractivity contribution in [3.05, 3.63) is 89.1 Å². The normalized spacial score (nSPS) is 11.1. The Bertz CT molecular complexity index is 1300. The third kappa shape index (κ3) is 4.57. The highest BCUT2D eigenvalue weighted by atomic mass is 35.5. The van der Waals surface area contributed by atoms with Crippen molar-refractivity contribution in [2.45, 2.75) is 20.4 Å². The molecule has 7 heteroatoms. The third-order valence-electron chi connectivity index (χ3n) is 5.64. The van der Waals surface area contributed by atoms with Crippen LogP contribution in [0.25, 0.3) is 22.0 Å². The van der Waals surface area contributed by atoms with Gasteiger partial charge in [0.2, 0.25) is 0 Å². The molecule has 0 spiro atoms. The molecule has 1 heterocycles. The number of aromatic nitrogens is 1. The lowest BCUT2D eigenvalue weighted by Crippen LogP contribution is -2.33. The summed E-state index contributed by atoms with van der Waals surface area (Å²) in [6, 6.07) is 16.4. The van der Waals surface area contributed by atoms with Crippen molar-refractivity contribution in [3.63, 3.8) is 0 Å². The molecule has 0 unspecified atom stereocenters. The topological polar surface area (TPSA) is 34.5 Å². The molecule has 0 bridgehead atoms. The Labute approximate surface area is 196 Å². The van der Waals surface area contributed by atoms with Gasteiger partial charge in [-0.25, -0.2) is 13.6 Å². The summed E-state index contributed by atoms with van der Waals surface area (Å²) in [7, 11) is 0. The summed E-state index contributed by atoms with van der Waals surface area (Å²) in [6.45, 7) is 5.07. The highest BCUT2D eigenvalue weighted by Gasteiger charge is 2.19. The fourth-order valence-corrected chi connectivity index (χ4v) is 4.08. The Kier molecular flexibility index (Phi) is 6.65. The summed E-state index contributed by atoms with van der Waals surface area (Å²) in [5, 5.41) is 0.871. The van der Waals surface area contributed by atoms with Gasteiger partial charge in [0.05, 0.1) is 11.6 Å². The number of carbonyl (C=O) groups excluding carboxylic acids is 1. The van der Waals surface area contributed by atoms with E-state index in [0.29, 0.717) is 35.5 Å². The van der Waals surface area contributed by atoms with Gasteiger partial charge in [-0.3, -0.25) is 0 Å². The Morgan fingerprint density at radius 1 is 1.00 bits per heavy atom. The van der Waals surface area contributed by atoms with E-state index in [0.717, 1.165) is 10.9 Å². The maximum absolute atomic E-state index is 14.5. The third-order valence-corrected chi connectivity index (χ3v) is 5.93. The molecule has 0 aliphatic heterocycles. The molecule has 1 aromatic heterocycles. The summed E-state index contributed by atoms with van der Waals surface area (Å²) in [5.74, 6) is -0.441. The fourth-order valence-electron chi connectivity index (χ4n) is 3.88. The fraction of sp³-hybridized carbons (Fsp3) is 0.192. The summed E-state index contributed by atoms with van der Waals surface area (Å²) in [5.41, 5.74) is 2.64. The summed E-state index contributed by atoms with van der Waals surface area (Å²) >= 11 is 5.94. The molecule has 1 amide bonds. The number of fused-ring (bicyclic) bond motifs is 1. The Morgan fingerprint density at radius 2 is 1.73 bits per heavy atom. The Balaban J connectivity index is 1.82. The number of halogens is 3. The summed E-state index contributed by atoms with van der Waals surface area (Å²) < 4.78 is 35.7. The van der Waals surface area contributed by atoms with Gasteiger partial charge in [-0.2, -0.15) is 0 Å². The van der Waals surface area contributed by atoms with Crippen molar-refractivity contribution < 1.29 is 18.3 Å². The SMILES string of the molecule is CCN(CC)C(=O)Oc1ccc2c(ccn2Cc2cccc(Cl)c2F)c1-c1ccc(F)cc1. The van der Waals surface area contributed by atoms with Crippen molar-refractivity contribution in [3.8, 4) is 16.9 Å². The van der Waals surface area contributed by atoms with Gasteiger partial charge in [0.15, 0.2) is 0 Å². The number of rotatable bonds is 6. The van der Waals surface area contributed by atoms with Crippen molar-refractivity contribution in [2.24, 2.45) is 0 Å². The lowest BCUT2D eigenvalue weighted by molar-refractivity contribution is 0.157. The van der Waals surface area contributed by atoms with Crippen LogP contribution in [0.1, 0.15) is 19.4 Å². The van der Waals surface area contributed by atoms with Crippen LogP contribution in [0.4, 0.5) is 13.6 Å². The highest BCUT2D eigenvalue weighted by molar-refractivity contribution is 6.30. The van der Waals surface area contributed by atoms with Gasteiger partial charge in [0, 0.05) is 41.3 Å². The van der Waals surface area contributed by atoms with Crippen LogP contribution < -0.4 is 4.74 Å². The largest absolute Gasteiger partial charge is 0.415 e.